The lowest BCUT2D eigenvalue weighted by Crippen LogP contribution is -2.14. The summed E-state index contributed by atoms with van der Waals surface area (Å²) >= 11 is 0. The van der Waals surface area contributed by atoms with Crippen molar-refractivity contribution in [2.75, 3.05) is 14.7 Å². The first-order chi connectivity index (χ1) is 37.7. The second kappa shape index (κ2) is 17.9. The number of hydrogen-bond acceptors (Lipinski definition) is 3. The van der Waals surface area contributed by atoms with Gasteiger partial charge in [-0.3, -0.25) is 0 Å². The van der Waals surface area contributed by atoms with Gasteiger partial charge in [0, 0.05) is 56.6 Å². The monoisotopic (exact) mass is 967 g/mol. The number of rotatable bonds is 6. The third-order valence-corrected chi connectivity index (χ3v) is 15.9. The molecule has 3 heteroatoms. The minimum Gasteiger partial charge on any atom is -0.311 e. The smallest absolute Gasteiger partial charge is 0.0540 e. The van der Waals surface area contributed by atoms with Crippen LogP contribution in [0.2, 0.25) is 0 Å². The minimum atomic E-state index is 0.0388. The third kappa shape index (κ3) is 6.97. The van der Waals surface area contributed by atoms with Crippen LogP contribution in [0.5, 0.6) is 0 Å². The molecular formula is C73H49N3. The highest BCUT2D eigenvalue weighted by Crippen LogP contribution is 2.54. The van der Waals surface area contributed by atoms with Crippen LogP contribution in [0.25, 0.3) is 66.8 Å². The molecule has 0 amide bonds. The molecule has 1 aliphatic carbocycles. The predicted octanol–water partition coefficient (Wildman–Crippen LogP) is 20.2. The van der Waals surface area contributed by atoms with E-state index < -0.39 is 0 Å². The van der Waals surface area contributed by atoms with Crippen LogP contribution in [0.15, 0.2) is 291 Å². The van der Waals surface area contributed by atoms with Crippen LogP contribution in [0, 0.1) is 0 Å². The molecule has 2 aliphatic heterocycles. The Morgan fingerprint density at radius 1 is 0.211 bits per heavy atom. The number of hydrogen-bond donors (Lipinski definition) is 0. The van der Waals surface area contributed by atoms with E-state index in [0.717, 1.165) is 51.2 Å². The van der Waals surface area contributed by atoms with Gasteiger partial charge < -0.3 is 14.7 Å². The normalized spacial score (nSPS) is 12.6. The second-order valence-corrected chi connectivity index (χ2v) is 19.9. The molecule has 3 aliphatic rings. The largest absolute Gasteiger partial charge is 0.311 e. The molecule has 0 saturated heterocycles. The molecule has 0 radical (unpaired) electrons. The van der Waals surface area contributed by atoms with Crippen molar-refractivity contribution in [3.05, 3.63) is 308 Å². The van der Waals surface area contributed by atoms with E-state index >= 15 is 0 Å². The molecule has 0 spiro atoms. The molecule has 0 bridgehead atoms. The van der Waals surface area contributed by atoms with Crippen LogP contribution in [-0.4, -0.2) is 0 Å². The molecule has 0 aromatic heterocycles. The third-order valence-electron chi connectivity index (χ3n) is 15.9. The quantitative estimate of drug-likeness (QED) is 0.164. The second-order valence-electron chi connectivity index (χ2n) is 19.9. The van der Waals surface area contributed by atoms with Gasteiger partial charge in [0.05, 0.1) is 22.7 Å². The summed E-state index contributed by atoms with van der Waals surface area (Å²) in [5.74, 6) is 0.0388. The number of benzene rings is 12. The van der Waals surface area contributed by atoms with Crippen molar-refractivity contribution in [2.24, 2.45) is 0 Å². The number of nitrogens with zero attached hydrogens (tertiary/aromatic N) is 3. The molecule has 76 heavy (non-hydrogen) atoms. The van der Waals surface area contributed by atoms with E-state index in [2.05, 4.69) is 306 Å². The summed E-state index contributed by atoms with van der Waals surface area (Å²) in [5.41, 5.74) is 28.8. The number of fused-ring (bicyclic) bond motifs is 15. The van der Waals surface area contributed by atoms with Crippen LogP contribution in [0.4, 0.5) is 51.2 Å². The molecule has 2 heterocycles. The van der Waals surface area contributed by atoms with E-state index in [1.54, 1.807) is 0 Å². The Balaban J connectivity index is 0.870. The summed E-state index contributed by atoms with van der Waals surface area (Å²) in [6.07, 6.45) is 0. The van der Waals surface area contributed by atoms with Crippen LogP contribution in [-0.2, 0) is 0 Å². The molecular weight excluding hydrogens is 919 g/mol. The zero-order valence-electron chi connectivity index (χ0n) is 41.6. The average Bonchev–Trinajstić information content (AvgIpc) is 3.82. The molecule has 0 N–H and O–H groups in total. The van der Waals surface area contributed by atoms with Crippen molar-refractivity contribution in [1.29, 1.82) is 0 Å². The van der Waals surface area contributed by atoms with Crippen LogP contribution in [0.3, 0.4) is 0 Å². The van der Waals surface area contributed by atoms with E-state index in [0.29, 0.717) is 0 Å². The first-order valence-corrected chi connectivity index (χ1v) is 26.3. The number of anilines is 9. The van der Waals surface area contributed by atoms with Gasteiger partial charge in [-0.2, -0.15) is 0 Å². The first kappa shape index (κ1) is 43.6. The fourth-order valence-corrected chi connectivity index (χ4v) is 12.5. The summed E-state index contributed by atoms with van der Waals surface area (Å²) in [5, 5.41) is 0. The van der Waals surface area contributed by atoms with Gasteiger partial charge in [-0.25, -0.2) is 0 Å². The zero-order valence-corrected chi connectivity index (χ0v) is 41.6. The molecule has 356 valence electrons. The molecule has 0 unspecified atom stereocenters. The average molecular weight is 968 g/mol. The van der Waals surface area contributed by atoms with Gasteiger partial charge in [-0.15, -0.1) is 0 Å². The summed E-state index contributed by atoms with van der Waals surface area (Å²) in [6.45, 7) is 0. The standard InChI is InChI=1S/C73H49N3/c1-2-20-56-55(19-1)61-25-7-9-31-67(61)73(68-32-10-8-26-62(56)68)49-37-39-50(40-38-49)74(51-41-45-53(46-42-51)75-69-33-15-11-27-63(69)57-21-3-4-22-58(57)64-28-12-16-34-70(64)75)52-43-47-54(48-44-52)76-71-35-17-13-29-65(71)59-23-5-6-24-60(59)66-30-14-18-36-72(66)76/h1-48,73H. The summed E-state index contributed by atoms with van der Waals surface area (Å²) in [4.78, 5) is 7.26. The molecule has 15 rings (SSSR count). The zero-order chi connectivity index (χ0) is 50.1. The Morgan fingerprint density at radius 3 is 0.763 bits per heavy atom. The van der Waals surface area contributed by atoms with Gasteiger partial charge in [-0.1, -0.05) is 206 Å². The first-order valence-electron chi connectivity index (χ1n) is 26.3. The summed E-state index contributed by atoms with van der Waals surface area (Å²) < 4.78 is 0. The van der Waals surface area contributed by atoms with Crippen molar-refractivity contribution in [3.63, 3.8) is 0 Å². The Morgan fingerprint density at radius 2 is 0.447 bits per heavy atom. The lowest BCUT2D eigenvalue weighted by Gasteiger charge is -2.30. The van der Waals surface area contributed by atoms with E-state index in [1.807, 2.05) is 0 Å². The lowest BCUT2D eigenvalue weighted by molar-refractivity contribution is 0.987. The highest BCUT2D eigenvalue weighted by molar-refractivity contribution is 6.04. The van der Waals surface area contributed by atoms with Crippen molar-refractivity contribution < 1.29 is 0 Å². The summed E-state index contributed by atoms with van der Waals surface area (Å²) in [6, 6.07) is 107. The Labute approximate surface area is 444 Å². The maximum absolute atomic E-state index is 2.43. The van der Waals surface area contributed by atoms with E-state index in [9.17, 15) is 0 Å². The van der Waals surface area contributed by atoms with E-state index in [-0.39, 0.29) is 5.92 Å². The van der Waals surface area contributed by atoms with Crippen LogP contribution in [0.1, 0.15) is 22.6 Å². The topological polar surface area (TPSA) is 9.72 Å². The predicted molar refractivity (Wildman–Crippen MR) is 318 cm³/mol. The molecule has 0 saturated carbocycles. The highest BCUT2D eigenvalue weighted by Gasteiger charge is 2.30. The molecule has 3 nitrogen and oxygen atoms in total. The van der Waals surface area contributed by atoms with Crippen LogP contribution >= 0.6 is 0 Å². The SMILES string of the molecule is c1ccc2c(c1)-c1ccccc1C(c1ccc(N(c3ccc(N4c5ccccc5-c5ccccc5-c5ccccc54)cc3)c3ccc(N4c5ccccc5-c5ccccc5-c5ccccc54)cc3)cc1)c1ccccc1-2. The Kier molecular flexibility index (Phi) is 10.3. The molecule has 12 aromatic rings. The molecule has 0 atom stereocenters. The molecule has 12 aromatic carbocycles. The van der Waals surface area contributed by atoms with Gasteiger partial charge in [0.25, 0.3) is 0 Å². The van der Waals surface area contributed by atoms with Crippen LogP contribution < -0.4 is 14.7 Å². The molecule has 0 fully saturated rings. The van der Waals surface area contributed by atoms with Crippen molar-refractivity contribution >= 4 is 51.2 Å². The van der Waals surface area contributed by atoms with Gasteiger partial charge in [0.15, 0.2) is 0 Å². The number of para-hydroxylation sites is 4. The fourth-order valence-electron chi connectivity index (χ4n) is 12.5. The maximum atomic E-state index is 2.43. The van der Waals surface area contributed by atoms with Crippen molar-refractivity contribution in [3.8, 4) is 66.8 Å². The lowest BCUT2D eigenvalue weighted by atomic mass is 9.82. The fraction of sp³-hybridized carbons (Fsp3) is 0.0137. The summed E-state index contributed by atoms with van der Waals surface area (Å²) in [7, 11) is 0. The minimum absolute atomic E-state index is 0.0388. The Hall–Kier alpha value is -9.96. The van der Waals surface area contributed by atoms with Crippen molar-refractivity contribution in [2.45, 2.75) is 5.92 Å². The van der Waals surface area contributed by atoms with Gasteiger partial charge >= 0.3 is 0 Å². The van der Waals surface area contributed by atoms with Gasteiger partial charge in [-0.05, 0) is 146 Å². The van der Waals surface area contributed by atoms with Gasteiger partial charge in [0.1, 0.15) is 0 Å². The van der Waals surface area contributed by atoms with E-state index in [1.165, 1.54) is 83.5 Å². The Bertz CT molecular complexity index is 3560. The van der Waals surface area contributed by atoms with Gasteiger partial charge in [0.2, 0.25) is 0 Å². The maximum Gasteiger partial charge on any atom is 0.0540 e. The van der Waals surface area contributed by atoms with Crippen molar-refractivity contribution in [1.82, 2.24) is 0 Å². The van der Waals surface area contributed by atoms with E-state index in [4.69, 9.17) is 0 Å². The highest BCUT2D eigenvalue weighted by atomic mass is 15.2.